The zero-order valence-corrected chi connectivity index (χ0v) is 9.00. The molecule has 0 saturated carbocycles. The van der Waals surface area contributed by atoms with Crippen LogP contribution in [0.15, 0.2) is 4.63 Å². The number of amides is 1. The highest BCUT2D eigenvalue weighted by Gasteiger charge is 2.34. The predicted molar refractivity (Wildman–Crippen MR) is 55.0 cm³/mol. The lowest BCUT2D eigenvalue weighted by molar-refractivity contribution is -0.143. The molecule has 1 amide bonds. The number of likely N-dealkylation sites (tertiary alicyclic amines) is 1. The Morgan fingerprint density at radius 2 is 2.18 bits per heavy atom. The Balaban J connectivity index is 2.23. The Kier molecular flexibility index (Phi) is 2.94. The Hall–Kier alpha value is -2.12. The van der Waals surface area contributed by atoms with E-state index in [4.69, 9.17) is 10.8 Å². The number of nitrogens with zero attached hydrogens (tertiary/aromatic N) is 3. The molecule has 2 rings (SSSR count). The topological polar surface area (TPSA) is 123 Å². The fourth-order valence-corrected chi connectivity index (χ4v) is 1.91. The van der Waals surface area contributed by atoms with Crippen LogP contribution in [0.3, 0.4) is 0 Å². The number of carboxylic acids is 1. The molecule has 1 aliphatic heterocycles. The number of piperidine rings is 1. The van der Waals surface area contributed by atoms with Crippen molar-refractivity contribution in [2.45, 2.75) is 25.3 Å². The fourth-order valence-electron chi connectivity index (χ4n) is 1.91. The first kappa shape index (κ1) is 11.4. The van der Waals surface area contributed by atoms with Gasteiger partial charge in [-0.2, -0.15) is 0 Å². The standard InChI is InChI=1S/C9H12N4O4/c10-7-6(11-17-12-7)8(14)13-4-2-1-3-5(13)9(15)16/h5H,1-4H2,(H2,10,12)(H,15,16)/t5-/m0/s1. The highest BCUT2D eigenvalue weighted by Crippen LogP contribution is 2.20. The lowest BCUT2D eigenvalue weighted by atomic mass is 10.0. The SMILES string of the molecule is Nc1nonc1C(=O)N1CCCC[C@H]1C(=O)O. The number of carbonyl (C=O) groups excluding carboxylic acids is 1. The lowest BCUT2D eigenvalue weighted by Gasteiger charge is -2.32. The third-order valence-electron chi connectivity index (χ3n) is 2.77. The van der Waals surface area contributed by atoms with Gasteiger partial charge in [-0.15, -0.1) is 0 Å². The average Bonchev–Trinajstić information content (AvgIpc) is 2.74. The van der Waals surface area contributed by atoms with E-state index in [1.54, 1.807) is 0 Å². The largest absolute Gasteiger partial charge is 0.480 e. The number of carboxylic acid groups (broad SMARTS) is 1. The van der Waals surface area contributed by atoms with Gasteiger partial charge in [0, 0.05) is 6.54 Å². The van der Waals surface area contributed by atoms with Gasteiger partial charge in [-0.1, -0.05) is 0 Å². The summed E-state index contributed by atoms with van der Waals surface area (Å²) in [5.41, 5.74) is 5.28. The van der Waals surface area contributed by atoms with Crippen LogP contribution in [0.25, 0.3) is 0 Å². The Morgan fingerprint density at radius 1 is 1.41 bits per heavy atom. The van der Waals surface area contributed by atoms with Crippen LogP contribution < -0.4 is 5.73 Å². The Morgan fingerprint density at radius 3 is 2.76 bits per heavy atom. The van der Waals surface area contributed by atoms with E-state index in [1.165, 1.54) is 4.90 Å². The van der Waals surface area contributed by atoms with Gasteiger partial charge < -0.3 is 15.7 Å². The molecule has 0 aromatic carbocycles. The van der Waals surface area contributed by atoms with Crippen molar-refractivity contribution in [1.82, 2.24) is 15.2 Å². The van der Waals surface area contributed by atoms with Crippen molar-refractivity contribution in [2.24, 2.45) is 0 Å². The van der Waals surface area contributed by atoms with Crippen molar-refractivity contribution in [3.05, 3.63) is 5.69 Å². The summed E-state index contributed by atoms with van der Waals surface area (Å²) in [4.78, 5) is 24.3. The van der Waals surface area contributed by atoms with Crippen molar-refractivity contribution in [1.29, 1.82) is 0 Å². The molecule has 3 N–H and O–H groups in total. The summed E-state index contributed by atoms with van der Waals surface area (Å²) in [7, 11) is 0. The van der Waals surface area contributed by atoms with Crippen LogP contribution in [-0.2, 0) is 4.79 Å². The molecule has 0 bridgehead atoms. The predicted octanol–water partition coefficient (Wildman–Crippen LogP) is -0.269. The number of rotatable bonds is 2. The second kappa shape index (κ2) is 4.40. The van der Waals surface area contributed by atoms with Crippen LogP contribution in [0, 0.1) is 0 Å². The number of hydrogen-bond donors (Lipinski definition) is 2. The number of nitrogens with two attached hydrogens (primary N) is 1. The van der Waals surface area contributed by atoms with E-state index in [0.29, 0.717) is 13.0 Å². The van der Waals surface area contributed by atoms with Crippen molar-refractivity contribution >= 4 is 17.7 Å². The molecule has 1 saturated heterocycles. The highest BCUT2D eigenvalue weighted by molar-refractivity contribution is 5.98. The van der Waals surface area contributed by atoms with Crippen LogP contribution >= 0.6 is 0 Å². The van der Waals surface area contributed by atoms with E-state index < -0.39 is 17.9 Å². The van der Waals surface area contributed by atoms with E-state index in [2.05, 4.69) is 14.9 Å². The third-order valence-corrected chi connectivity index (χ3v) is 2.77. The Labute approximate surface area is 96.3 Å². The normalized spacial score (nSPS) is 20.2. The summed E-state index contributed by atoms with van der Waals surface area (Å²) in [5.74, 6) is -1.69. The number of nitrogen functional groups attached to an aromatic ring is 1. The maximum absolute atomic E-state index is 12.0. The van der Waals surface area contributed by atoms with Gasteiger partial charge in [-0.25, -0.2) is 9.42 Å². The summed E-state index contributed by atoms with van der Waals surface area (Å²) in [5, 5.41) is 15.7. The van der Waals surface area contributed by atoms with Crippen molar-refractivity contribution in [3.8, 4) is 0 Å². The van der Waals surface area contributed by atoms with Crippen molar-refractivity contribution < 1.29 is 19.3 Å². The molecule has 8 nitrogen and oxygen atoms in total. The monoisotopic (exact) mass is 240 g/mol. The minimum absolute atomic E-state index is 0.121. The average molecular weight is 240 g/mol. The van der Waals surface area contributed by atoms with Gasteiger partial charge in [0.1, 0.15) is 6.04 Å². The molecule has 1 aromatic rings. The maximum Gasteiger partial charge on any atom is 0.326 e. The number of anilines is 1. The molecule has 92 valence electrons. The molecule has 8 heteroatoms. The van der Waals surface area contributed by atoms with Crippen LogP contribution in [0.4, 0.5) is 5.82 Å². The first-order chi connectivity index (χ1) is 8.11. The molecular formula is C9H12N4O4. The second-order valence-electron chi connectivity index (χ2n) is 3.85. The third kappa shape index (κ3) is 2.05. The van der Waals surface area contributed by atoms with E-state index in [9.17, 15) is 9.59 Å². The first-order valence-electron chi connectivity index (χ1n) is 5.23. The molecule has 0 spiro atoms. The van der Waals surface area contributed by atoms with Crippen molar-refractivity contribution in [2.75, 3.05) is 12.3 Å². The number of aliphatic carboxylic acids is 1. The highest BCUT2D eigenvalue weighted by atomic mass is 16.6. The van der Waals surface area contributed by atoms with Gasteiger partial charge in [-0.3, -0.25) is 4.79 Å². The number of aromatic nitrogens is 2. The van der Waals surface area contributed by atoms with Gasteiger partial charge in [0.05, 0.1) is 0 Å². The van der Waals surface area contributed by atoms with Gasteiger partial charge in [0.25, 0.3) is 5.91 Å². The minimum Gasteiger partial charge on any atom is -0.480 e. The molecule has 1 atom stereocenters. The second-order valence-corrected chi connectivity index (χ2v) is 3.85. The summed E-state index contributed by atoms with van der Waals surface area (Å²) in [6.45, 7) is 0.377. The van der Waals surface area contributed by atoms with Crippen LogP contribution in [0.1, 0.15) is 29.8 Å². The van der Waals surface area contributed by atoms with E-state index >= 15 is 0 Å². The Bertz CT molecular complexity index is 444. The molecular weight excluding hydrogens is 228 g/mol. The summed E-state index contributed by atoms with van der Waals surface area (Å²) >= 11 is 0. The van der Waals surface area contributed by atoms with Crippen LogP contribution in [0.2, 0.25) is 0 Å². The van der Waals surface area contributed by atoms with Crippen molar-refractivity contribution in [3.63, 3.8) is 0 Å². The quantitative estimate of drug-likeness (QED) is 0.729. The minimum atomic E-state index is -1.02. The fraction of sp³-hybridized carbons (Fsp3) is 0.556. The lowest BCUT2D eigenvalue weighted by Crippen LogP contribution is -2.48. The van der Waals surface area contributed by atoms with Crippen LogP contribution in [0.5, 0.6) is 0 Å². The molecule has 17 heavy (non-hydrogen) atoms. The maximum atomic E-state index is 12.0. The zero-order valence-electron chi connectivity index (χ0n) is 9.00. The molecule has 0 unspecified atom stereocenters. The molecule has 1 aliphatic rings. The smallest absolute Gasteiger partial charge is 0.326 e. The van der Waals surface area contributed by atoms with Gasteiger partial charge in [0.15, 0.2) is 0 Å². The summed E-state index contributed by atoms with van der Waals surface area (Å²) in [6.07, 6.45) is 1.99. The number of hydrogen-bond acceptors (Lipinski definition) is 6. The van der Waals surface area contributed by atoms with Gasteiger partial charge in [0.2, 0.25) is 11.5 Å². The molecule has 1 fully saturated rings. The van der Waals surface area contributed by atoms with E-state index in [1.807, 2.05) is 0 Å². The summed E-state index contributed by atoms with van der Waals surface area (Å²) in [6, 6.07) is -0.827. The molecule has 2 heterocycles. The summed E-state index contributed by atoms with van der Waals surface area (Å²) < 4.78 is 4.33. The van der Waals surface area contributed by atoms with E-state index in [-0.39, 0.29) is 11.5 Å². The van der Waals surface area contributed by atoms with E-state index in [0.717, 1.165) is 12.8 Å². The molecule has 1 aromatic heterocycles. The van der Waals surface area contributed by atoms with Crippen LogP contribution in [-0.4, -0.2) is 44.8 Å². The zero-order chi connectivity index (χ0) is 12.4. The van der Waals surface area contributed by atoms with Gasteiger partial charge >= 0.3 is 5.97 Å². The molecule has 0 aliphatic carbocycles. The first-order valence-corrected chi connectivity index (χ1v) is 5.23. The molecule has 0 radical (unpaired) electrons. The van der Waals surface area contributed by atoms with Gasteiger partial charge in [-0.05, 0) is 29.6 Å². The number of carbonyl (C=O) groups is 2.